The lowest BCUT2D eigenvalue weighted by atomic mass is 10.1. The number of carbonyl (C=O) groups excluding carboxylic acids is 2. The minimum Gasteiger partial charge on any atom is -0.483 e. The fourth-order valence-corrected chi connectivity index (χ4v) is 4.25. The number of benzene rings is 3. The standard InChI is InChI=1S/C27H25F3N4O3S/c1-38-14-13-22(25-32-20-10-3-4-11-21(20)33-25)34-26(36)19-9-2-5-12-23(19)37-16-24(35)31-18-8-6-7-17(15-18)27(28,29)30/h2-12,15,22H,13-14,16H2,1H3,(H,31,35)(H,32,33)(H,34,36). The van der Waals surface area contributed by atoms with Crippen LogP contribution in [-0.2, 0) is 11.0 Å². The van der Waals surface area contributed by atoms with Gasteiger partial charge in [-0.25, -0.2) is 4.98 Å². The molecule has 1 unspecified atom stereocenters. The maximum atomic E-state index is 13.2. The van der Waals surface area contributed by atoms with Crippen molar-refractivity contribution in [3.05, 3.63) is 89.7 Å². The first kappa shape index (κ1) is 27.1. The number of ether oxygens (including phenoxy) is 1. The zero-order chi connectivity index (χ0) is 27.1. The van der Waals surface area contributed by atoms with Gasteiger partial charge in [0.1, 0.15) is 11.6 Å². The highest BCUT2D eigenvalue weighted by Crippen LogP contribution is 2.30. The molecule has 198 valence electrons. The highest BCUT2D eigenvalue weighted by Gasteiger charge is 2.30. The molecular formula is C27H25F3N4O3S. The van der Waals surface area contributed by atoms with Crippen molar-refractivity contribution in [2.45, 2.75) is 18.6 Å². The van der Waals surface area contributed by atoms with E-state index in [4.69, 9.17) is 4.74 Å². The van der Waals surface area contributed by atoms with Crippen molar-refractivity contribution < 1.29 is 27.5 Å². The molecule has 0 radical (unpaired) electrons. The van der Waals surface area contributed by atoms with Gasteiger partial charge in [0, 0.05) is 5.69 Å². The first-order valence-electron chi connectivity index (χ1n) is 11.7. The normalized spacial score (nSPS) is 12.2. The first-order chi connectivity index (χ1) is 18.2. The highest BCUT2D eigenvalue weighted by molar-refractivity contribution is 7.98. The maximum absolute atomic E-state index is 13.2. The number of hydrogen-bond acceptors (Lipinski definition) is 5. The van der Waals surface area contributed by atoms with E-state index in [-0.39, 0.29) is 23.0 Å². The van der Waals surface area contributed by atoms with E-state index in [1.165, 1.54) is 12.1 Å². The average molecular weight is 543 g/mol. The number of rotatable bonds is 10. The number of halogens is 3. The monoisotopic (exact) mass is 542 g/mol. The van der Waals surface area contributed by atoms with Crippen LogP contribution < -0.4 is 15.4 Å². The lowest BCUT2D eigenvalue weighted by molar-refractivity contribution is -0.137. The molecule has 0 aliphatic carbocycles. The molecule has 1 atom stereocenters. The second kappa shape index (κ2) is 12.0. The third-order valence-corrected chi connectivity index (χ3v) is 6.26. The number of aromatic amines is 1. The summed E-state index contributed by atoms with van der Waals surface area (Å²) in [5.41, 5.74) is 0.980. The van der Waals surface area contributed by atoms with Crippen LogP contribution >= 0.6 is 11.8 Å². The predicted octanol–water partition coefficient (Wildman–Crippen LogP) is 5.82. The molecule has 1 heterocycles. The van der Waals surface area contributed by atoms with Crippen LogP contribution in [0.4, 0.5) is 18.9 Å². The summed E-state index contributed by atoms with van der Waals surface area (Å²) in [6, 6.07) is 17.9. The highest BCUT2D eigenvalue weighted by atomic mass is 32.2. The molecule has 0 aliphatic heterocycles. The summed E-state index contributed by atoms with van der Waals surface area (Å²) in [5, 5.41) is 5.38. The fraction of sp³-hybridized carbons (Fsp3) is 0.222. The number of H-pyrrole nitrogens is 1. The molecule has 0 bridgehead atoms. The van der Waals surface area contributed by atoms with E-state index in [0.29, 0.717) is 12.2 Å². The van der Waals surface area contributed by atoms with E-state index in [2.05, 4.69) is 20.6 Å². The Balaban J connectivity index is 1.44. The summed E-state index contributed by atoms with van der Waals surface area (Å²) in [7, 11) is 0. The van der Waals surface area contributed by atoms with Crippen molar-refractivity contribution in [3.63, 3.8) is 0 Å². The minimum absolute atomic E-state index is 0.0121. The van der Waals surface area contributed by atoms with Crippen molar-refractivity contribution in [2.75, 3.05) is 23.9 Å². The number of hydrogen-bond donors (Lipinski definition) is 3. The van der Waals surface area contributed by atoms with Gasteiger partial charge in [-0.3, -0.25) is 9.59 Å². The van der Waals surface area contributed by atoms with E-state index in [1.54, 1.807) is 36.0 Å². The molecule has 0 spiro atoms. The Hall–Kier alpha value is -3.99. The van der Waals surface area contributed by atoms with Gasteiger partial charge in [-0.15, -0.1) is 0 Å². The average Bonchev–Trinajstić information content (AvgIpc) is 3.34. The molecule has 0 saturated heterocycles. The zero-order valence-electron chi connectivity index (χ0n) is 20.3. The number of nitrogens with one attached hydrogen (secondary N) is 3. The van der Waals surface area contributed by atoms with Gasteiger partial charge in [0.25, 0.3) is 11.8 Å². The van der Waals surface area contributed by atoms with Crippen LogP contribution in [0.25, 0.3) is 11.0 Å². The Morgan fingerprint density at radius 3 is 2.58 bits per heavy atom. The van der Waals surface area contributed by atoms with Crippen LogP contribution in [-0.4, -0.2) is 40.4 Å². The number of aromatic nitrogens is 2. The maximum Gasteiger partial charge on any atom is 0.416 e. The van der Waals surface area contributed by atoms with E-state index >= 15 is 0 Å². The molecule has 3 aromatic carbocycles. The number of thioether (sulfide) groups is 1. The molecule has 0 saturated carbocycles. The van der Waals surface area contributed by atoms with E-state index in [9.17, 15) is 22.8 Å². The van der Waals surface area contributed by atoms with Crippen molar-refractivity contribution in [2.24, 2.45) is 0 Å². The molecule has 1 aromatic heterocycles. The number of fused-ring (bicyclic) bond motifs is 1. The number of para-hydroxylation sites is 3. The van der Waals surface area contributed by atoms with Crippen LogP contribution in [0.3, 0.4) is 0 Å². The Morgan fingerprint density at radius 1 is 1.05 bits per heavy atom. The number of anilines is 1. The molecule has 0 fully saturated rings. The van der Waals surface area contributed by atoms with Gasteiger partial charge in [-0.05, 0) is 60.9 Å². The molecule has 3 N–H and O–H groups in total. The molecule has 11 heteroatoms. The molecule has 7 nitrogen and oxygen atoms in total. The van der Waals surface area contributed by atoms with Gasteiger partial charge >= 0.3 is 6.18 Å². The Labute approximate surface area is 221 Å². The minimum atomic E-state index is -4.53. The number of alkyl halides is 3. The smallest absolute Gasteiger partial charge is 0.416 e. The summed E-state index contributed by atoms with van der Waals surface area (Å²) in [6.45, 7) is -0.500. The second-order valence-corrected chi connectivity index (χ2v) is 9.34. The topological polar surface area (TPSA) is 96.1 Å². The van der Waals surface area contributed by atoms with Gasteiger partial charge < -0.3 is 20.4 Å². The molecule has 2 amide bonds. The fourth-order valence-electron chi connectivity index (χ4n) is 3.78. The second-order valence-electron chi connectivity index (χ2n) is 8.36. The molecular weight excluding hydrogens is 517 g/mol. The number of amides is 2. The molecule has 38 heavy (non-hydrogen) atoms. The van der Waals surface area contributed by atoms with Crippen molar-refractivity contribution >= 4 is 40.3 Å². The quantitative estimate of drug-likeness (QED) is 0.235. The van der Waals surface area contributed by atoms with E-state index in [0.717, 1.165) is 28.9 Å². The third kappa shape index (κ3) is 6.86. The van der Waals surface area contributed by atoms with Crippen LogP contribution in [0.2, 0.25) is 0 Å². The molecule has 4 aromatic rings. The first-order valence-corrected chi connectivity index (χ1v) is 13.1. The van der Waals surface area contributed by atoms with Gasteiger partial charge in [-0.2, -0.15) is 24.9 Å². The van der Waals surface area contributed by atoms with Crippen LogP contribution in [0.1, 0.15) is 34.2 Å². The Morgan fingerprint density at radius 2 is 1.82 bits per heavy atom. The van der Waals surface area contributed by atoms with Crippen molar-refractivity contribution in [1.82, 2.24) is 15.3 Å². The lowest BCUT2D eigenvalue weighted by Gasteiger charge is -2.18. The summed E-state index contributed by atoms with van der Waals surface area (Å²) in [5.74, 6) is 0.505. The summed E-state index contributed by atoms with van der Waals surface area (Å²) in [6.07, 6.45) is -1.92. The SMILES string of the molecule is CSCCC(NC(=O)c1ccccc1OCC(=O)Nc1cccc(C(F)(F)F)c1)c1nc2ccccc2[nH]1. The Bertz CT molecular complexity index is 1390. The number of carbonyl (C=O) groups is 2. The van der Waals surface area contributed by atoms with E-state index in [1.807, 2.05) is 30.5 Å². The van der Waals surface area contributed by atoms with Crippen LogP contribution in [0, 0.1) is 0 Å². The number of nitrogens with zero attached hydrogens (tertiary/aromatic N) is 1. The van der Waals surface area contributed by atoms with Crippen LogP contribution in [0.5, 0.6) is 5.75 Å². The van der Waals surface area contributed by atoms with Crippen LogP contribution in [0.15, 0.2) is 72.8 Å². The van der Waals surface area contributed by atoms with Gasteiger partial charge in [0.15, 0.2) is 6.61 Å². The van der Waals surface area contributed by atoms with Crippen molar-refractivity contribution in [3.8, 4) is 5.75 Å². The molecule has 4 rings (SSSR count). The number of imidazole rings is 1. The largest absolute Gasteiger partial charge is 0.483 e. The third-order valence-electron chi connectivity index (χ3n) is 5.62. The summed E-state index contributed by atoms with van der Waals surface area (Å²) in [4.78, 5) is 33.5. The lowest BCUT2D eigenvalue weighted by Crippen LogP contribution is -2.30. The van der Waals surface area contributed by atoms with Gasteiger partial charge in [0.2, 0.25) is 0 Å². The molecule has 0 aliphatic rings. The zero-order valence-corrected chi connectivity index (χ0v) is 21.2. The van der Waals surface area contributed by atoms with Gasteiger partial charge in [0.05, 0.1) is 28.2 Å². The summed E-state index contributed by atoms with van der Waals surface area (Å²) < 4.78 is 44.4. The Kier molecular flexibility index (Phi) is 8.57. The van der Waals surface area contributed by atoms with Crippen molar-refractivity contribution in [1.29, 1.82) is 0 Å². The van der Waals surface area contributed by atoms with E-state index < -0.39 is 30.2 Å². The predicted molar refractivity (Wildman–Crippen MR) is 141 cm³/mol. The van der Waals surface area contributed by atoms with Gasteiger partial charge in [-0.1, -0.05) is 30.3 Å². The summed E-state index contributed by atoms with van der Waals surface area (Å²) >= 11 is 1.65.